The Bertz CT molecular complexity index is 1040. The first-order valence-electron chi connectivity index (χ1n) is 9.75. The SMILES string of the molecule is Cc1nc(N[C@H](C)c2cccc(C(F)F)c2F)c2c(n1)N(C)CC(C1=CCOC1)=C2. The topological polar surface area (TPSA) is 50.3 Å². The third kappa shape index (κ3) is 3.79. The molecular formula is C22H23F3N4O. The van der Waals surface area contributed by atoms with E-state index in [2.05, 4.69) is 21.4 Å². The number of benzene rings is 1. The summed E-state index contributed by atoms with van der Waals surface area (Å²) in [5, 5.41) is 3.21. The van der Waals surface area contributed by atoms with E-state index in [-0.39, 0.29) is 5.56 Å². The Labute approximate surface area is 173 Å². The Kier molecular flexibility index (Phi) is 5.51. The van der Waals surface area contributed by atoms with Gasteiger partial charge in [0, 0.05) is 19.2 Å². The van der Waals surface area contributed by atoms with E-state index in [0.29, 0.717) is 31.4 Å². The van der Waals surface area contributed by atoms with Crippen LogP contribution in [0.4, 0.5) is 24.8 Å². The van der Waals surface area contributed by atoms with Crippen molar-refractivity contribution in [2.24, 2.45) is 0 Å². The predicted molar refractivity (Wildman–Crippen MR) is 110 cm³/mol. The Morgan fingerprint density at radius 1 is 1.17 bits per heavy atom. The minimum atomic E-state index is -2.87. The van der Waals surface area contributed by atoms with Gasteiger partial charge < -0.3 is 15.0 Å². The molecule has 8 heteroatoms. The van der Waals surface area contributed by atoms with Crippen molar-refractivity contribution in [3.8, 4) is 0 Å². The van der Waals surface area contributed by atoms with Gasteiger partial charge in [-0.05, 0) is 31.1 Å². The van der Waals surface area contributed by atoms with E-state index in [0.717, 1.165) is 28.6 Å². The van der Waals surface area contributed by atoms with E-state index in [4.69, 9.17) is 4.74 Å². The number of ether oxygens (including phenoxy) is 1. The third-order valence-electron chi connectivity index (χ3n) is 5.36. The van der Waals surface area contributed by atoms with Crippen LogP contribution in [0.1, 0.15) is 41.9 Å². The van der Waals surface area contributed by atoms with Crippen molar-refractivity contribution < 1.29 is 17.9 Å². The van der Waals surface area contributed by atoms with Gasteiger partial charge in [-0.15, -0.1) is 0 Å². The molecule has 4 rings (SSSR count). The van der Waals surface area contributed by atoms with Gasteiger partial charge in [0.1, 0.15) is 23.3 Å². The van der Waals surface area contributed by atoms with Crippen LogP contribution in [0, 0.1) is 12.7 Å². The number of aryl methyl sites for hydroxylation is 1. The van der Waals surface area contributed by atoms with Crippen molar-refractivity contribution in [1.82, 2.24) is 9.97 Å². The van der Waals surface area contributed by atoms with Crippen molar-refractivity contribution in [2.45, 2.75) is 26.3 Å². The molecule has 0 amide bonds. The van der Waals surface area contributed by atoms with Gasteiger partial charge in [-0.3, -0.25) is 0 Å². The lowest BCUT2D eigenvalue weighted by Gasteiger charge is -2.29. The number of alkyl halides is 2. The summed E-state index contributed by atoms with van der Waals surface area (Å²) in [6.07, 6.45) is 1.21. The molecule has 1 aromatic heterocycles. The highest BCUT2D eigenvalue weighted by molar-refractivity contribution is 5.80. The second-order valence-electron chi connectivity index (χ2n) is 7.54. The molecule has 0 unspecified atom stereocenters. The van der Waals surface area contributed by atoms with Crippen LogP contribution in [-0.4, -0.2) is 36.8 Å². The van der Waals surface area contributed by atoms with Gasteiger partial charge in [-0.25, -0.2) is 23.1 Å². The molecule has 30 heavy (non-hydrogen) atoms. The number of nitrogens with one attached hydrogen (secondary N) is 1. The number of likely N-dealkylation sites (N-methyl/N-ethyl adjacent to an activating group) is 1. The molecular weight excluding hydrogens is 393 g/mol. The second kappa shape index (κ2) is 8.10. The fraction of sp³-hybridized carbons (Fsp3) is 0.364. The molecule has 0 bridgehead atoms. The Balaban J connectivity index is 1.72. The van der Waals surface area contributed by atoms with Gasteiger partial charge in [0.15, 0.2) is 0 Å². The standard InChI is InChI=1S/C22H23F3N4O/c1-12(16-5-4-6-17(19(16)23)20(24)25)26-21-18-9-15(14-7-8-30-11-14)10-29(3)22(18)28-13(2)27-21/h4-7,9,12,20H,8,10-11H2,1-3H3,(H,26,27,28)/t12-/m1/s1. The molecule has 0 saturated heterocycles. The van der Waals surface area contributed by atoms with E-state index >= 15 is 0 Å². The number of anilines is 2. The van der Waals surface area contributed by atoms with Crippen LogP contribution in [0.5, 0.6) is 0 Å². The van der Waals surface area contributed by atoms with Gasteiger partial charge in [0.2, 0.25) is 0 Å². The lowest BCUT2D eigenvalue weighted by Crippen LogP contribution is -2.27. The van der Waals surface area contributed by atoms with Crippen LogP contribution in [0.3, 0.4) is 0 Å². The zero-order valence-corrected chi connectivity index (χ0v) is 17.0. The summed E-state index contributed by atoms with van der Waals surface area (Å²) in [7, 11) is 1.95. The van der Waals surface area contributed by atoms with Crippen LogP contribution in [-0.2, 0) is 4.74 Å². The molecule has 2 aromatic rings. The van der Waals surface area contributed by atoms with Crippen molar-refractivity contribution in [3.63, 3.8) is 0 Å². The molecule has 5 nitrogen and oxygen atoms in total. The lowest BCUT2D eigenvalue weighted by atomic mass is 9.99. The van der Waals surface area contributed by atoms with Crippen LogP contribution in [0.2, 0.25) is 0 Å². The molecule has 1 N–H and O–H groups in total. The average molecular weight is 416 g/mol. The maximum absolute atomic E-state index is 14.6. The molecule has 0 saturated carbocycles. The van der Waals surface area contributed by atoms with Crippen LogP contribution >= 0.6 is 0 Å². The Morgan fingerprint density at radius 2 is 1.93 bits per heavy atom. The molecule has 2 aliphatic rings. The summed E-state index contributed by atoms with van der Waals surface area (Å²) < 4.78 is 46.3. The smallest absolute Gasteiger partial charge is 0.266 e. The number of rotatable bonds is 5. The highest BCUT2D eigenvalue weighted by Crippen LogP contribution is 2.36. The van der Waals surface area contributed by atoms with E-state index in [1.807, 2.05) is 18.0 Å². The largest absolute Gasteiger partial charge is 0.373 e. The van der Waals surface area contributed by atoms with E-state index in [1.54, 1.807) is 13.8 Å². The summed E-state index contributed by atoms with van der Waals surface area (Å²) in [5.74, 6) is 0.976. The summed E-state index contributed by atoms with van der Waals surface area (Å²) in [4.78, 5) is 11.1. The minimum absolute atomic E-state index is 0.165. The third-order valence-corrected chi connectivity index (χ3v) is 5.36. The first kappa shape index (κ1) is 20.4. The first-order chi connectivity index (χ1) is 14.3. The lowest BCUT2D eigenvalue weighted by molar-refractivity contribution is 0.146. The van der Waals surface area contributed by atoms with Crippen LogP contribution < -0.4 is 10.2 Å². The Hall–Kier alpha value is -2.87. The van der Waals surface area contributed by atoms with Gasteiger partial charge in [0.25, 0.3) is 6.43 Å². The molecule has 2 aliphatic heterocycles. The van der Waals surface area contributed by atoms with E-state index < -0.39 is 23.8 Å². The summed E-state index contributed by atoms with van der Waals surface area (Å²) >= 11 is 0. The normalized spacial score (nSPS) is 17.0. The van der Waals surface area contributed by atoms with Crippen molar-refractivity contribution >= 4 is 17.7 Å². The molecule has 0 aliphatic carbocycles. The summed E-state index contributed by atoms with van der Waals surface area (Å²) in [6, 6.07) is 3.49. The quantitative estimate of drug-likeness (QED) is 0.757. The van der Waals surface area contributed by atoms with Crippen molar-refractivity contribution in [3.05, 3.63) is 63.8 Å². The molecule has 158 valence electrons. The highest BCUT2D eigenvalue weighted by atomic mass is 19.3. The van der Waals surface area contributed by atoms with E-state index in [9.17, 15) is 13.2 Å². The number of aromatic nitrogens is 2. The van der Waals surface area contributed by atoms with Gasteiger partial charge in [-0.2, -0.15) is 0 Å². The predicted octanol–water partition coefficient (Wildman–Crippen LogP) is 4.82. The minimum Gasteiger partial charge on any atom is -0.373 e. The molecule has 1 aromatic carbocycles. The Morgan fingerprint density at radius 3 is 2.63 bits per heavy atom. The van der Waals surface area contributed by atoms with Crippen LogP contribution in [0.15, 0.2) is 35.4 Å². The first-order valence-corrected chi connectivity index (χ1v) is 9.75. The zero-order valence-electron chi connectivity index (χ0n) is 17.0. The fourth-order valence-corrected chi connectivity index (χ4v) is 3.81. The fourth-order valence-electron chi connectivity index (χ4n) is 3.81. The number of hydrogen-bond donors (Lipinski definition) is 1. The number of halogens is 3. The summed E-state index contributed by atoms with van der Waals surface area (Å²) in [5.41, 5.74) is 2.59. The second-order valence-corrected chi connectivity index (χ2v) is 7.54. The number of nitrogens with zero attached hydrogens (tertiary/aromatic N) is 3. The van der Waals surface area contributed by atoms with Crippen LogP contribution in [0.25, 0.3) is 6.08 Å². The monoisotopic (exact) mass is 416 g/mol. The number of hydrogen-bond acceptors (Lipinski definition) is 5. The van der Waals surface area contributed by atoms with Crippen molar-refractivity contribution in [1.29, 1.82) is 0 Å². The molecule has 0 radical (unpaired) electrons. The number of fused-ring (bicyclic) bond motifs is 1. The molecule has 0 fully saturated rings. The molecule has 3 heterocycles. The zero-order chi connectivity index (χ0) is 21.4. The van der Waals surface area contributed by atoms with Gasteiger partial charge in [0.05, 0.1) is 30.4 Å². The summed E-state index contributed by atoms with van der Waals surface area (Å²) in [6.45, 7) is 5.36. The maximum atomic E-state index is 14.6. The molecule has 0 spiro atoms. The maximum Gasteiger partial charge on any atom is 0.266 e. The van der Waals surface area contributed by atoms with Gasteiger partial charge >= 0.3 is 0 Å². The van der Waals surface area contributed by atoms with Crippen molar-refractivity contribution in [2.75, 3.05) is 37.0 Å². The average Bonchev–Trinajstić information content (AvgIpc) is 3.23. The van der Waals surface area contributed by atoms with E-state index in [1.165, 1.54) is 12.1 Å². The van der Waals surface area contributed by atoms with Gasteiger partial charge in [-0.1, -0.05) is 24.3 Å². The highest BCUT2D eigenvalue weighted by Gasteiger charge is 2.25. The molecule has 1 atom stereocenters.